The monoisotopic (exact) mass is 208 g/mol. The summed E-state index contributed by atoms with van der Waals surface area (Å²) < 4.78 is 13.0. The van der Waals surface area contributed by atoms with Crippen molar-refractivity contribution in [3.05, 3.63) is 24.3 Å². The smallest absolute Gasteiger partial charge is 0.214 e. The zero-order valence-corrected chi connectivity index (χ0v) is 9.28. The Morgan fingerprint density at radius 1 is 1.53 bits per heavy atom. The molecule has 0 amide bonds. The third kappa shape index (κ3) is 2.11. The summed E-state index contributed by atoms with van der Waals surface area (Å²) in [5.74, 6) is 0.227. The fourth-order valence-electron chi connectivity index (χ4n) is 2.38. The lowest BCUT2D eigenvalue weighted by atomic mass is 10.0. The Balaban J connectivity index is 2.22. The summed E-state index contributed by atoms with van der Waals surface area (Å²) in [6.45, 7) is 5.48. The van der Waals surface area contributed by atoms with Gasteiger partial charge in [0.15, 0.2) is 0 Å². The molecule has 1 atom stereocenters. The predicted octanol–water partition coefficient (Wildman–Crippen LogP) is 2.85. The van der Waals surface area contributed by atoms with Crippen molar-refractivity contribution in [1.82, 2.24) is 4.98 Å². The van der Waals surface area contributed by atoms with Crippen LogP contribution in [0.2, 0.25) is 0 Å². The second-order valence-corrected chi connectivity index (χ2v) is 4.48. The van der Waals surface area contributed by atoms with Crippen LogP contribution in [-0.2, 0) is 0 Å². The average molecular weight is 208 g/mol. The predicted molar refractivity (Wildman–Crippen MR) is 59.4 cm³/mol. The molecular weight excluding hydrogens is 191 g/mol. The summed E-state index contributed by atoms with van der Waals surface area (Å²) in [5, 5.41) is 0. The standard InChI is InChI=1S/C12H17FN2/c1-9(2)11-4-3-7-15(11)10-5-6-14-12(13)8-10/h5-6,8-9,11H,3-4,7H2,1-2H3. The lowest BCUT2D eigenvalue weighted by Crippen LogP contribution is -2.33. The van der Waals surface area contributed by atoms with Crippen molar-refractivity contribution < 1.29 is 4.39 Å². The first-order valence-corrected chi connectivity index (χ1v) is 5.56. The van der Waals surface area contributed by atoms with E-state index in [1.54, 1.807) is 6.20 Å². The molecule has 1 saturated heterocycles. The summed E-state index contributed by atoms with van der Waals surface area (Å²) >= 11 is 0. The zero-order valence-electron chi connectivity index (χ0n) is 9.28. The van der Waals surface area contributed by atoms with Gasteiger partial charge in [-0.1, -0.05) is 13.8 Å². The van der Waals surface area contributed by atoms with Gasteiger partial charge >= 0.3 is 0 Å². The normalized spacial score (nSPS) is 21.3. The van der Waals surface area contributed by atoms with Crippen molar-refractivity contribution in [3.63, 3.8) is 0 Å². The van der Waals surface area contributed by atoms with Gasteiger partial charge in [-0.3, -0.25) is 0 Å². The molecule has 0 aliphatic carbocycles. The molecule has 0 N–H and O–H groups in total. The number of rotatable bonds is 2. The van der Waals surface area contributed by atoms with Crippen LogP contribution in [0.3, 0.4) is 0 Å². The summed E-state index contributed by atoms with van der Waals surface area (Å²) in [6.07, 6.45) is 3.95. The molecule has 2 rings (SSSR count). The third-order valence-corrected chi connectivity index (χ3v) is 3.11. The van der Waals surface area contributed by atoms with Crippen LogP contribution in [-0.4, -0.2) is 17.6 Å². The molecule has 1 aliphatic heterocycles. The van der Waals surface area contributed by atoms with Crippen LogP contribution in [0, 0.1) is 11.9 Å². The summed E-state index contributed by atoms with van der Waals surface area (Å²) in [4.78, 5) is 5.89. The maximum absolute atomic E-state index is 13.0. The molecule has 1 fully saturated rings. The first kappa shape index (κ1) is 10.4. The van der Waals surface area contributed by atoms with Crippen molar-refractivity contribution in [1.29, 1.82) is 0 Å². The molecule has 0 saturated carbocycles. The molecule has 1 aliphatic rings. The minimum absolute atomic E-state index is 0.387. The Morgan fingerprint density at radius 2 is 2.33 bits per heavy atom. The maximum atomic E-state index is 13.0. The molecule has 0 radical (unpaired) electrons. The topological polar surface area (TPSA) is 16.1 Å². The van der Waals surface area contributed by atoms with E-state index in [-0.39, 0.29) is 5.95 Å². The van der Waals surface area contributed by atoms with Crippen molar-refractivity contribution in [2.24, 2.45) is 5.92 Å². The number of anilines is 1. The highest BCUT2D eigenvalue weighted by atomic mass is 19.1. The van der Waals surface area contributed by atoms with E-state index in [0.717, 1.165) is 12.2 Å². The van der Waals surface area contributed by atoms with Gasteiger partial charge in [-0.2, -0.15) is 4.39 Å². The van der Waals surface area contributed by atoms with Crippen LogP contribution in [0.25, 0.3) is 0 Å². The summed E-state index contributed by atoms with van der Waals surface area (Å²) in [7, 11) is 0. The second kappa shape index (κ2) is 4.17. The minimum Gasteiger partial charge on any atom is -0.368 e. The van der Waals surface area contributed by atoms with Gasteiger partial charge in [0, 0.05) is 30.5 Å². The molecular formula is C12H17FN2. The van der Waals surface area contributed by atoms with Gasteiger partial charge in [0.25, 0.3) is 0 Å². The third-order valence-electron chi connectivity index (χ3n) is 3.11. The SMILES string of the molecule is CC(C)C1CCCN1c1ccnc(F)c1. The Kier molecular flexibility index (Phi) is 2.89. The molecule has 2 heterocycles. The molecule has 0 bridgehead atoms. The van der Waals surface area contributed by atoms with Crippen molar-refractivity contribution >= 4 is 5.69 Å². The second-order valence-electron chi connectivity index (χ2n) is 4.48. The van der Waals surface area contributed by atoms with Gasteiger partial charge in [0.1, 0.15) is 0 Å². The van der Waals surface area contributed by atoms with E-state index in [2.05, 4.69) is 23.7 Å². The van der Waals surface area contributed by atoms with E-state index < -0.39 is 0 Å². The Labute approximate surface area is 90.1 Å². The first-order chi connectivity index (χ1) is 7.18. The number of hydrogen-bond donors (Lipinski definition) is 0. The van der Waals surface area contributed by atoms with Crippen LogP contribution in [0.1, 0.15) is 26.7 Å². The van der Waals surface area contributed by atoms with E-state index in [4.69, 9.17) is 0 Å². The highest BCUT2D eigenvalue weighted by Crippen LogP contribution is 2.29. The highest BCUT2D eigenvalue weighted by Gasteiger charge is 2.27. The van der Waals surface area contributed by atoms with E-state index in [1.165, 1.54) is 18.9 Å². The molecule has 0 spiro atoms. The Bertz CT molecular complexity index is 338. The number of pyridine rings is 1. The van der Waals surface area contributed by atoms with E-state index in [0.29, 0.717) is 12.0 Å². The minimum atomic E-state index is -0.387. The number of aromatic nitrogens is 1. The molecule has 3 heteroatoms. The molecule has 1 unspecified atom stereocenters. The molecule has 82 valence electrons. The van der Waals surface area contributed by atoms with Crippen molar-refractivity contribution in [3.8, 4) is 0 Å². The van der Waals surface area contributed by atoms with Crippen LogP contribution in [0.15, 0.2) is 18.3 Å². The van der Waals surface area contributed by atoms with E-state index in [1.807, 2.05) is 6.07 Å². The van der Waals surface area contributed by atoms with Crippen molar-refractivity contribution in [2.45, 2.75) is 32.7 Å². The first-order valence-electron chi connectivity index (χ1n) is 5.56. The summed E-state index contributed by atoms with van der Waals surface area (Å²) in [5.41, 5.74) is 0.971. The number of nitrogens with zero attached hydrogens (tertiary/aromatic N) is 2. The van der Waals surface area contributed by atoms with E-state index in [9.17, 15) is 4.39 Å². The Morgan fingerprint density at radius 3 is 3.00 bits per heavy atom. The maximum Gasteiger partial charge on any atom is 0.214 e. The lowest BCUT2D eigenvalue weighted by molar-refractivity contribution is 0.490. The van der Waals surface area contributed by atoms with Gasteiger partial charge in [0.05, 0.1) is 0 Å². The largest absolute Gasteiger partial charge is 0.368 e. The Hall–Kier alpha value is -1.12. The van der Waals surface area contributed by atoms with Gasteiger partial charge in [-0.25, -0.2) is 4.98 Å². The number of halogens is 1. The molecule has 1 aromatic heterocycles. The summed E-state index contributed by atoms with van der Waals surface area (Å²) in [6, 6.07) is 3.97. The number of hydrogen-bond acceptors (Lipinski definition) is 2. The fourth-order valence-corrected chi connectivity index (χ4v) is 2.38. The van der Waals surface area contributed by atoms with Gasteiger partial charge in [0.2, 0.25) is 5.95 Å². The molecule has 2 nitrogen and oxygen atoms in total. The highest BCUT2D eigenvalue weighted by molar-refractivity contribution is 5.47. The van der Waals surface area contributed by atoms with Crippen LogP contribution in [0.4, 0.5) is 10.1 Å². The molecule has 0 aromatic carbocycles. The van der Waals surface area contributed by atoms with Crippen molar-refractivity contribution in [2.75, 3.05) is 11.4 Å². The fraction of sp³-hybridized carbons (Fsp3) is 0.583. The van der Waals surface area contributed by atoms with Gasteiger partial charge in [-0.05, 0) is 24.8 Å². The lowest BCUT2D eigenvalue weighted by Gasteiger charge is -2.29. The van der Waals surface area contributed by atoms with Crippen LogP contribution < -0.4 is 4.90 Å². The quantitative estimate of drug-likeness (QED) is 0.695. The molecule has 15 heavy (non-hydrogen) atoms. The zero-order chi connectivity index (χ0) is 10.8. The molecule has 1 aromatic rings. The van der Waals surface area contributed by atoms with Gasteiger partial charge in [-0.15, -0.1) is 0 Å². The van der Waals surface area contributed by atoms with Gasteiger partial charge < -0.3 is 4.90 Å². The van der Waals surface area contributed by atoms with Crippen LogP contribution >= 0.6 is 0 Å². The van der Waals surface area contributed by atoms with E-state index >= 15 is 0 Å². The van der Waals surface area contributed by atoms with Crippen LogP contribution in [0.5, 0.6) is 0 Å². The average Bonchev–Trinajstić information content (AvgIpc) is 2.65.